The molecular weight excluding hydrogens is 358 g/mol. The second kappa shape index (κ2) is 7.72. The maximum atomic E-state index is 12.7. The van der Waals surface area contributed by atoms with E-state index in [0.717, 1.165) is 29.2 Å². The summed E-state index contributed by atoms with van der Waals surface area (Å²) in [6, 6.07) is 10.3. The summed E-state index contributed by atoms with van der Waals surface area (Å²) in [7, 11) is 0. The first-order chi connectivity index (χ1) is 13.6. The Labute approximate surface area is 162 Å². The number of hydrogen-bond donors (Lipinski definition) is 1. The van der Waals surface area contributed by atoms with E-state index in [1.807, 2.05) is 24.3 Å². The maximum absolute atomic E-state index is 12.7. The zero-order valence-electron chi connectivity index (χ0n) is 15.4. The molecule has 3 heterocycles. The number of piperidine rings is 1. The van der Waals surface area contributed by atoms with Crippen molar-refractivity contribution in [2.24, 2.45) is 0 Å². The monoisotopic (exact) mass is 379 g/mol. The van der Waals surface area contributed by atoms with Crippen LogP contribution in [0.1, 0.15) is 30.6 Å². The molecule has 7 nitrogen and oxygen atoms in total. The zero-order valence-corrected chi connectivity index (χ0v) is 15.4. The quantitative estimate of drug-likeness (QED) is 0.652. The summed E-state index contributed by atoms with van der Waals surface area (Å²) < 4.78 is 5.20. The van der Waals surface area contributed by atoms with Crippen LogP contribution in [0.15, 0.2) is 52.7 Å². The molecule has 0 aliphatic carbocycles. The molecule has 0 radical (unpaired) electrons. The normalized spacial score (nSPS) is 19.3. The molecule has 4 rings (SSSR count). The lowest BCUT2D eigenvalue weighted by atomic mass is 10.1. The van der Waals surface area contributed by atoms with Crippen molar-refractivity contribution in [3.63, 3.8) is 0 Å². The van der Waals surface area contributed by atoms with Crippen molar-refractivity contribution in [3.05, 3.63) is 59.6 Å². The zero-order chi connectivity index (χ0) is 19.5. The number of furan rings is 1. The molecule has 2 aromatic rings. The van der Waals surface area contributed by atoms with Crippen LogP contribution in [0.4, 0.5) is 10.5 Å². The highest BCUT2D eigenvalue weighted by atomic mass is 16.3. The third-order valence-corrected chi connectivity index (χ3v) is 5.01. The minimum absolute atomic E-state index is 0.0316. The first-order valence-electron chi connectivity index (χ1n) is 9.38. The first-order valence-corrected chi connectivity index (χ1v) is 9.38. The third-order valence-electron chi connectivity index (χ3n) is 5.01. The van der Waals surface area contributed by atoms with Gasteiger partial charge in [0.15, 0.2) is 0 Å². The van der Waals surface area contributed by atoms with Gasteiger partial charge < -0.3 is 9.32 Å². The van der Waals surface area contributed by atoms with Gasteiger partial charge in [0.05, 0.1) is 12.8 Å². The number of rotatable bonds is 4. The molecule has 1 aromatic heterocycles. The van der Waals surface area contributed by atoms with Crippen molar-refractivity contribution in [2.75, 3.05) is 18.0 Å². The van der Waals surface area contributed by atoms with Gasteiger partial charge in [0.1, 0.15) is 11.3 Å². The number of carbonyl (C=O) groups is 3. The third kappa shape index (κ3) is 3.69. The van der Waals surface area contributed by atoms with E-state index >= 15 is 0 Å². The standard InChI is InChI=1S/C21H21N3O4/c25-19-18(20(26)24(21(27)22-19)14-17-5-4-12-28-17)13-15-6-8-16(9-7-15)23-10-2-1-3-11-23/h4-9,12-13H,1-3,10-11,14H2,(H,22,25,27). The molecular formula is C21H21N3O4. The molecule has 2 fully saturated rings. The summed E-state index contributed by atoms with van der Waals surface area (Å²) in [6.07, 6.45) is 6.64. The molecule has 144 valence electrons. The van der Waals surface area contributed by atoms with E-state index in [0.29, 0.717) is 5.76 Å². The highest BCUT2D eigenvalue weighted by molar-refractivity contribution is 6.30. The van der Waals surface area contributed by atoms with E-state index in [1.54, 1.807) is 12.1 Å². The summed E-state index contributed by atoms with van der Waals surface area (Å²) in [5, 5.41) is 2.21. The highest BCUT2D eigenvalue weighted by Gasteiger charge is 2.36. The van der Waals surface area contributed by atoms with E-state index in [1.165, 1.54) is 31.6 Å². The Bertz CT molecular complexity index is 910. The highest BCUT2D eigenvalue weighted by Crippen LogP contribution is 2.22. The van der Waals surface area contributed by atoms with Gasteiger partial charge in [0.2, 0.25) is 0 Å². The number of barbiturate groups is 1. The topological polar surface area (TPSA) is 82.9 Å². The van der Waals surface area contributed by atoms with Crippen molar-refractivity contribution in [2.45, 2.75) is 25.8 Å². The summed E-state index contributed by atoms with van der Waals surface area (Å²) in [4.78, 5) is 40.3. The van der Waals surface area contributed by atoms with Crippen LogP contribution in [0.25, 0.3) is 6.08 Å². The Balaban J connectivity index is 1.54. The molecule has 0 spiro atoms. The summed E-state index contributed by atoms with van der Waals surface area (Å²) in [6.45, 7) is 2.06. The van der Waals surface area contributed by atoms with Gasteiger partial charge in [-0.2, -0.15) is 0 Å². The predicted molar refractivity (Wildman–Crippen MR) is 103 cm³/mol. The van der Waals surface area contributed by atoms with Crippen molar-refractivity contribution >= 4 is 29.6 Å². The average molecular weight is 379 g/mol. The number of nitrogens with zero attached hydrogens (tertiary/aromatic N) is 2. The number of benzene rings is 1. The molecule has 2 aliphatic rings. The Kier molecular flexibility index (Phi) is 4.97. The van der Waals surface area contributed by atoms with Crippen LogP contribution in [-0.2, 0) is 16.1 Å². The van der Waals surface area contributed by atoms with Crippen molar-refractivity contribution < 1.29 is 18.8 Å². The van der Waals surface area contributed by atoms with Crippen LogP contribution in [0, 0.1) is 0 Å². The molecule has 28 heavy (non-hydrogen) atoms. The molecule has 1 aromatic carbocycles. The van der Waals surface area contributed by atoms with Crippen LogP contribution in [0.5, 0.6) is 0 Å². The van der Waals surface area contributed by atoms with Crippen LogP contribution < -0.4 is 10.2 Å². The molecule has 0 saturated carbocycles. The molecule has 0 bridgehead atoms. The van der Waals surface area contributed by atoms with Crippen LogP contribution >= 0.6 is 0 Å². The molecule has 7 heteroatoms. The minimum atomic E-state index is -0.746. The molecule has 0 unspecified atom stereocenters. The predicted octanol–water partition coefficient (Wildman–Crippen LogP) is 2.93. The number of carbonyl (C=O) groups excluding carboxylic acids is 3. The second-order valence-electron chi connectivity index (χ2n) is 6.93. The van der Waals surface area contributed by atoms with E-state index in [9.17, 15) is 14.4 Å². The van der Waals surface area contributed by atoms with Crippen LogP contribution in [0.2, 0.25) is 0 Å². The SMILES string of the molecule is O=C1NC(=O)N(Cc2ccco2)C(=O)C1=Cc1ccc(N2CCCCC2)cc1. The fraction of sp³-hybridized carbons (Fsp3) is 0.286. The number of hydrogen-bond acceptors (Lipinski definition) is 5. The van der Waals surface area contributed by atoms with E-state index in [2.05, 4.69) is 10.2 Å². The van der Waals surface area contributed by atoms with Crippen molar-refractivity contribution in [3.8, 4) is 0 Å². The molecule has 0 atom stereocenters. The summed E-state index contributed by atoms with van der Waals surface area (Å²) in [5.74, 6) is -0.862. The van der Waals surface area contributed by atoms with Crippen LogP contribution in [-0.4, -0.2) is 35.8 Å². The second-order valence-corrected chi connectivity index (χ2v) is 6.93. The van der Waals surface area contributed by atoms with Crippen LogP contribution in [0.3, 0.4) is 0 Å². The van der Waals surface area contributed by atoms with Gasteiger partial charge in [-0.25, -0.2) is 4.79 Å². The van der Waals surface area contributed by atoms with Crippen molar-refractivity contribution in [1.29, 1.82) is 0 Å². The largest absolute Gasteiger partial charge is 0.467 e. The Morgan fingerprint density at radius 3 is 2.43 bits per heavy atom. The van der Waals surface area contributed by atoms with Gasteiger partial charge in [0, 0.05) is 18.8 Å². The smallest absolute Gasteiger partial charge is 0.331 e. The van der Waals surface area contributed by atoms with Crippen molar-refractivity contribution in [1.82, 2.24) is 10.2 Å². The fourth-order valence-corrected chi connectivity index (χ4v) is 3.50. The van der Waals surface area contributed by atoms with E-state index < -0.39 is 17.8 Å². The lowest BCUT2D eigenvalue weighted by molar-refractivity contribution is -0.130. The Hall–Kier alpha value is -3.35. The lowest BCUT2D eigenvalue weighted by Crippen LogP contribution is -2.53. The number of nitrogens with one attached hydrogen (secondary N) is 1. The summed E-state index contributed by atoms with van der Waals surface area (Å²) >= 11 is 0. The molecule has 1 N–H and O–H groups in total. The van der Waals surface area contributed by atoms with Gasteiger partial charge in [0.25, 0.3) is 11.8 Å². The lowest BCUT2D eigenvalue weighted by Gasteiger charge is -2.28. The molecule has 2 saturated heterocycles. The molecule has 2 aliphatic heterocycles. The maximum Gasteiger partial charge on any atom is 0.331 e. The van der Waals surface area contributed by atoms with Gasteiger partial charge >= 0.3 is 6.03 Å². The van der Waals surface area contributed by atoms with Gasteiger partial charge in [-0.1, -0.05) is 12.1 Å². The average Bonchev–Trinajstić information content (AvgIpc) is 3.23. The van der Waals surface area contributed by atoms with E-state index in [-0.39, 0.29) is 12.1 Å². The Morgan fingerprint density at radius 1 is 1.00 bits per heavy atom. The minimum Gasteiger partial charge on any atom is -0.467 e. The van der Waals surface area contributed by atoms with Gasteiger partial charge in [-0.15, -0.1) is 0 Å². The number of anilines is 1. The molecule has 4 amide bonds. The number of amides is 4. The van der Waals surface area contributed by atoms with E-state index in [4.69, 9.17) is 4.42 Å². The number of imide groups is 2. The number of urea groups is 1. The Morgan fingerprint density at radius 2 is 1.75 bits per heavy atom. The van der Waals surface area contributed by atoms with Gasteiger partial charge in [-0.3, -0.25) is 19.8 Å². The first kappa shape index (κ1) is 18.0. The fourth-order valence-electron chi connectivity index (χ4n) is 3.50. The summed E-state index contributed by atoms with van der Waals surface area (Å²) in [5.41, 5.74) is 1.79. The van der Waals surface area contributed by atoms with Gasteiger partial charge in [-0.05, 0) is 55.2 Å².